The van der Waals surface area contributed by atoms with E-state index in [1.807, 2.05) is 24.8 Å². The van der Waals surface area contributed by atoms with Crippen LogP contribution < -0.4 is 14.4 Å². The van der Waals surface area contributed by atoms with Crippen molar-refractivity contribution in [3.05, 3.63) is 59.3 Å². The van der Waals surface area contributed by atoms with E-state index in [0.29, 0.717) is 41.8 Å². The Bertz CT molecular complexity index is 1230. The lowest BCUT2D eigenvalue weighted by atomic mass is 10.1. The summed E-state index contributed by atoms with van der Waals surface area (Å²) in [5.74, 6) is 1.83. The Hall–Kier alpha value is -3.95. The molecule has 0 saturated carbocycles. The highest BCUT2D eigenvalue weighted by Crippen LogP contribution is 2.41. The summed E-state index contributed by atoms with van der Waals surface area (Å²) in [5.41, 5.74) is 4.08. The first-order valence-electron chi connectivity index (χ1n) is 10.4. The SMILES string of the molecule is Cc1cc(C)nc(N2C=C3CN(C(=O)c4c(-n5nccn5)ccc5c4OCO5)CC3C2)n1. The Morgan fingerprint density at radius 1 is 1.06 bits per heavy atom. The van der Waals surface area contributed by atoms with Crippen molar-refractivity contribution in [1.82, 2.24) is 29.9 Å². The number of amides is 1. The molecule has 1 fully saturated rings. The minimum absolute atomic E-state index is 0.0875. The third kappa shape index (κ3) is 2.98. The fourth-order valence-electron chi connectivity index (χ4n) is 4.57. The lowest BCUT2D eigenvalue weighted by Crippen LogP contribution is -2.32. The third-order valence-corrected chi connectivity index (χ3v) is 5.96. The molecule has 1 unspecified atom stereocenters. The van der Waals surface area contributed by atoms with Crippen molar-refractivity contribution in [3.8, 4) is 17.2 Å². The number of likely N-dealkylation sites (tertiary alicyclic amines) is 1. The van der Waals surface area contributed by atoms with Crippen molar-refractivity contribution in [1.29, 1.82) is 0 Å². The maximum atomic E-state index is 13.7. The van der Waals surface area contributed by atoms with Crippen molar-refractivity contribution >= 4 is 11.9 Å². The molecule has 162 valence electrons. The molecule has 1 saturated heterocycles. The summed E-state index contributed by atoms with van der Waals surface area (Å²) in [6.07, 6.45) is 5.23. The summed E-state index contributed by atoms with van der Waals surface area (Å²) in [4.78, 5) is 28.1. The summed E-state index contributed by atoms with van der Waals surface area (Å²) in [7, 11) is 0. The molecule has 1 aromatic carbocycles. The van der Waals surface area contributed by atoms with Crippen molar-refractivity contribution in [3.63, 3.8) is 0 Å². The molecule has 1 atom stereocenters. The zero-order chi connectivity index (χ0) is 21.8. The Labute approximate surface area is 184 Å². The number of nitrogens with zero attached hydrogens (tertiary/aromatic N) is 7. The van der Waals surface area contributed by atoms with Gasteiger partial charge in [0.15, 0.2) is 11.5 Å². The number of carbonyl (C=O) groups excluding carboxylic acids is 1. The number of fused-ring (bicyclic) bond motifs is 2. The van der Waals surface area contributed by atoms with Gasteiger partial charge in [0.2, 0.25) is 12.7 Å². The lowest BCUT2D eigenvalue weighted by Gasteiger charge is -2.21. The van der Waals surface area contributed by atoms with E-state index in [4.69, 9.17) is 9.47 Å². The standard InChI is InChI=1S/C22H21N7O3/c1-13-7-14(2)26-22(25-13)28-10-15-8-27(9-16(15)11-28)21(30)19-17(29-23-5-6-24-29)3-4-18-20(19)32-12-31-18/h3-7,10,16H,8-9,11-12H2,1-2H3. The molecule has 10 nitrogen and oxygen atoms in total. The van der Waals surface area contributed by atoms with Crippen LogP contribution in [0.5, 0.6) is 11.5 Å². The molecule has 0 spiro atoms. The van der Waals surface area contributed by atoms with Crippen LogP contribution in [0.4, 0.5) is 5.95 Å². The molecule has 3 aromatic rings. The Balaban J connectivity index is 1.30. The molecule has 1 amide bonds. The van der Waals surface area contributed by atoms with E-state index in [2.05, 4.69) is 31.3 Å². The van der Waals surface area contributed by atoms with Crippen LogP contribution in [-0.2, 0) is 0 Å². The average Bonchev–Trinajstić information content (AvgIpc) is 3.55. The van der Waals surface area contributed by atoms with Crippen LogP contribution >= 0.6 is 0 Å². The number of hydrogen-bond acceptors (Lipinski definition) is 8. The van der Waals surface area contributed by atoms with E-state index in [-0.39, 0.29) is 18.6 Å². The number of hydrogen-bond donors (Lipinski definition) is 0. The first-order chi connectivity index (χ1) is 15.6. The van der Waals surface area contributed by atoms with Gasteiger partial charge in [-0.1, -0.05) is 0 Å². The molecule has 2 aromatic heterocycles. The lowest BCUT2D eigenvalue weighted by molar-refractivity contribution is 0.0784. The van der Waals surface area contributed by atoms with Crippen LogP contribution in [0, 0.1) is 19.8 Å². The van der Waals surface area contributed by atoms with E-state index >= 15 is 0 Å². The summed E-state index contributed by atoms with van der Waals surface area (Å²) in [6.45, 7) is 5.94. The van der Waals surface area contributed by atoms with Crippen molar-refractivity contribution in [2.24, 2.45) is 5.92 Å². The highest BCUT2D eigenvalue weighted by atomic mass is 16.7. The van der Waals surface area contributed by atoms with Gasteiger partial charge in [-0.2, -0.15) is 15.0 Å². The summed E-state index contributed by atoms with van der Waals surface area (Å²) in [5, 5.41) is 8.41. The van der Waals surface area contributed by atoms with E-state index < -0.39 is 0 Å². The minimum atomic E-state index is -0.121. The van der Waals surface area contributed by atoms with Crippen LogP contribution in [0.2, 0.25) is 0 Å². The molecule has 3 aliphatic heterocycles. The van der Waals surface area contributed by atoms with Gasteiger partial charge in [0.25, 0.3) is 5.91 Å². The number of aryl methyl sites for hydroxylation is 2. The summed E-state index contributed by atoms with van der Waals surface area (Å²) >= 11 is 0. The number of rotatable bonds is 3. The Morgan fingerprint density at radius 2 is 1.84 bits per heavy atom. The van der Waals surface area contributed by atoms with E-state index in [1.54, 1.807) is 24.5 Å². The number of carbonyl (C=O) groups is 1. The fourth-order valence-corrected chi connectivity index (χ4v) is 4.57. The number of ether oxygens (including phenoxy) is 2. The van der Waals surface area contributed by atoms with Gasteiger partial charge in [-0.3, -0.25) is 4.79 Å². The summed E-state index contributed by atoms with van der Waals surface area (Å²) in [6, 6.07) is 5.53. The molecule has 0 N–H and O–H groups in total. The molecular weight excluding hydrogens is 410 g/mol. The second-order valence-corrected chi connectivity index (χ2v) is 8.20. The van der Waals surface area contributed by atoms with Crippen LogP contribution in [0.1, 0.15) is 21.7 Å². The van der Waals surface area contributed by atoms with Gasteiger partial charge >= 0.3 is 0 Å². The fraction of sp³-hybridized carbons (Fsp3) is 0.318. The van der Waals surface area contributed by atoms with Crippen molar-refractivity contribution in [2.75, 3.05) is 31.3 Å². The maximum Gasteiger partial charge on any atom is 0.260 e. The molecule has 3 aliphatic rings. The van der Waals surface area contributed by atoms with E-state index in [1.165, 1.54) is 10.4 Å². The molecule has 0 aliphatic carbocycles. The largest absolute Gasteiger partial charge is 0.454 e. The first kappa shape index (κ1) is 18.8. The average molecular weight is 431 g/mol. The van der Waals surface area contributed by atoms with Gasteiger partial charge < -0.3 is 19.3 Å². The zero-order valence-corrected chi connectivity index (χ0v) is 17.7. The molecule has 32 heavy (non-hydrogen) atoms. The maximum absolute atomic E-state index is 13.7. The van der Waals surface area contributed by atoms with Crippen LogP contribution in [0.3, 0.4) is 0 Å². The van der Waals surface area contributed by atoms with Crippen LogP contribution in [0.15, 0.2) is 42.4 Å². The quantitative estimate of drug-likeness (QED) is 0.620. The second kappa shape index (κ2) is 7.04. The molecule has 10 heteroatoms. The minimum Gasteiger partial charge on any atom is -0.454 e. The number of benzene rings is 1. The third-order valence-electron chi connectivity index (χ3n) is 5.96. The zero-order valence-electron chi connectivity index (χ0n) is 17.7. The summed E-state index contributed by atoms with van der Waals surface area (Å²) < 4.78 is 11.2. The van der Waals surface area contributed by atoms with Crippen LogP contribution in [-0.4, -0.2) is 62.2 Å². The van der Waals surface area contributed by atoms with Gasteiger partial charge in [-0.25, -0.2) is 9.97 Å². The van der Waals surface area contributed by atoms with E-state index in [0.717, 1.165) is 17.9 Å². The highest BCUT2D eigenvalue weighted by Gasteiger charge is 2.39. The van der Waals surface area contributed by atoms with Gasteiger partial charge in [0.1, 0.15) is 11.3 Å². The topological polar surface area (TPSA) is 98.5 Å². The Kier molecular flexibility index (Phi) is 4.14. The Morgan fingerprint density at radius 3 is 2.59 bits per heavy atom. The van der Waals surface area contributed by atoms with E-state index in [9.17, 15) is 4.79 Å². The molecule has 0 bridgehead atoms. The predicted octanol–water partition coefficient (Wildman–Crippen LogP) is 1.88. The molecule has 5 heterocycles. The predicted molar refractivity (Wildman–Crippen MR) is 114 cm³/mol. The van der Waals surface area contributed by atoms with Gasteiger partial charge in [-0.15, -0.1) is 0 Å². The smallest absolute Gasteiger partial charge is 0.260 e. The van der Waals surface area contributed by atoms with Gasteiger partial charge in [0.05, 0.1) is 12.4 Å². The number of anilines is 1. The monoisotopic (exact) mass is 431 g/mol. The molecule has 6 rings (SSSR count). The van der Waals surface area contributed by atoms with Gasteiger partial charge in [-0.05, 0) is 37.6 Å². The van der Waals surface area contributed by atoms with Crippen LogP contribution in [0.25, 0.3) is 5.69 Å². The van der Waals surface area contributed by atoms with Crippen molar-refractivity contribution in [2.45, 2.75) is 13.8 Å². The van der Waals surface area contributed by atoms with Gasteiger partial charge in [0, 0.05) is 43.1 Å². The highest BCUT2D eigenvalue weighted by molar-refractivity contribution is 6.02. The molecule has 0 radical (unpaired) electrons. The normalized spacial score (nSPS) is 18.8. The van der Waals surface area contributed by atoms with Crippen molar-refractivity contribution < 1.29 is 14.3 Å². The first-order valence-corrected chi connectivity index (χ1v) is 10.4. The molecular formula is C22H21N7O3. The second-order valence-electron chi connectivity index (χ2n) is 8.20. The number of aromatic nitrogens is 5.